The first-order chi connectivity index (χ1) is 36.1. The minimum absolute atomic E-state index is 0.319. The molecule has 0 aliphatic rings. The number of fused-ring (bicyclic) bond motifs is 3. The molecule has 0 spiro atoms. The summed E-state index contributed by atoms with van der Waals surface area (Å²) in [4.78, 5) is 10.4. The number of halogens is 6. The van der Waals surface area contributed by atoms with Crippen LogP contribution in [0.2, 0.25) is 0 Å². The van der Waals surface area contributed by atoms with Crippen molar-refractivity contribution < 1.29 is 26.3 Å². The van der Waals surface area contributed by atoms with Crippen molar-refractivity contribution in [2.24, 2.45) is 0 Å². The molecule has 0 unspecified atom stereocenters. The third-order valence-corrected chi connectivity index (χ3v) is 13.4. The topological polar surface area (TPSA) is 78.3 Å². The van der Waals surface area contributed by atoms with Crippen molar-refractivity contribution >= 4 is 21.8 Å². The molecule has 0 aliphatic carbocycles. The van der Waals surface area contributed by atoms with Gasteiger partial charge in [-0.25, -0.2) is 9.97 Å². The Morgan fingerprint density at radius 1 is 0.387 bits per heavy atom. The van der Waals surface area contributed by atoms with Crippen LogP contribution < -0.4 is 0 Å². The highest BCUT2D eigenvalue weighted by Gasteiger charge is 2.33. The average Bonchev–Trinajstić information content (AvgIpc) is 3.81. The van der Waals surface area contributed by atoms with E-state index in [0.717, 1.165) is 35.4 Å². The fourth-order valence-electron chi connectivity index (χ4n) is 9.99. The van der Waals surface area contributed by atoms with Crippen LogP contribution in [-0.2, 0) is 12.4 Å². The summed E-state index contributed by atoms with van der Waals surface area (Å²) in [5.74, 6) is 0.359. The van der Waals surface area contributed by atoms with E-state index >= 15 is 0 Å². The standard InChI is InChI=1S/C64H39F6N5/c1-38-25-46(29-49(27-38)63(65,66)67)42-21-23-59-53(31-42)54-32-43(47-26-39(2)28-50(30-47)64(68,69)70)22-24-60(54)75(59)61-55(51-19-11-9-17-44(51)36-71)33-48(34-56(61)52-20-12-10-18-45(52)37-72)62-73-57(40-13-5-3-6-14-40)35-58(74-62)41-15-7-4-8-16-41/h3-35H,1-2H3. The second kappa shape index (κ2) is 18.8. The minimum atomic E-state index is -4.62. The van der Waals surface area contributed by atoms with E-state index in [1.54, 1.807) is 74.5 Å². The predicted molar refractivity (Wildman–Crippen MR) is 283 cm³/mol. The number of hydrogen-bond donors (Lipinski definition) is 0. The highest BCUT2D eigenvalue weighted by atomic mass is 19.4. The summed E-state index contributed by atoms with van der Waals surface area (Å²) in [6, 6.07) is 62.8. The second-order valence-electron chi connectivity index (χ2n) is 18.4. The third-order valence-electron chi connectivity index (χ3n) is 13.4. The zero-order valence-corrected chi connectivity index (χ0v) is 40.1. The van der Waals surface area contributed by atoms with Gasteiger partial charge in [0.05, 0.1) is 62.5 Å². The van der Waals surface area contributed by atoms with E-state index in [1.807, 2.05) is 120 Å². The summed E-state index contributed by atoms with van der Waals surface area (Å²) in [6.07, 6.45) is -9.23. The lowest BCUT2D eigenvalue weighted by molar-refractivity contribution is -0.138. The third kappa shape index (κ3) is 9.06. The van der Waals surface area contributed by atoms with Crippen LogP contribution in [0.3, 0.4) is 0 Å². The Kier molecular flexibility index (Phi) is 12.0. The smallest absolute Gasteiger partial charge is 0.308 e. The van der Waals surface area contributed by atoms with Crippen molar-refractivity contribution in [3.63, 3.8) is 0 Å². The van der Waals surface area contributed by atoms with Crippen LogP contribution in [-0.4, -0.2) is 14.5 Å². The highest BCUT2D eigenvalue weighted by Crippen LogP contribution is 2.47. The number of nitrogens with zero attached hydrogens (tertiary/aromatic N) is 5. The molecule has 0 saturated heterocycles. The summed E-state index contributed by atoms with van der Waals surface area (Å²) in [7, 11) is 0. The molecule has 75 heavy (non-hydrogen) atoms. The summed E-state index contributed by atoms with van der Waals surface area (Å²) >= 11 is 0. The zero-order chi connectivity index (χ0) is 52.2. The first kappa shape index (κ1) is 47.7. The highest BCUT2D eigenvalue weighted by molar-refractivity contribution is 6.13. The van der Waals surface area contributed by atoms with Gasteiger partial charge in [0.25, 0.3) is 0 Å². The van der Waals surface area contributed by atoms with E-state index in [1.165, 1.54) is 0 Å². The normalized spacial score (nSPS) is 11.7. The number of rotatable bonds is 8. The SMILES string of the molecule is Cc1cc(-c2ccc3c(c2)c2cc(-c4cc(C)cc(C(F)(F)F)c4)ccc2n3-c2c(-c3ccccc3C#N)cc(-c3nc(-c4ccccc4)cc(-c4ccccc4)n3)cc2-c2ccccc2C#N)cc(C(F)(F)F)c1. The van der Waals surface area contributed by atoms with Crippen LogP contribution in [0.5, 0.6) is 0 Å². The first-order valence-corrected chi connectivity index (χ1v) is 23.8. The summed E-state index contributed by atoms with van der Waals surface area (Å²) in [5.41, 5.74) is 8.92. The van der Waals surface area contributed by atoms with Gasteiger partial charge in [0.1, 0.15) is 0 Å². The van der Waals surface area contributed by atoms with Gasteiger partial charge in [-0.15, -0.1) is 0 Å². The van der Waals surface area contributed by atoms with Crippen LogP contribution >= 0.6 is 0 Å². The molecule has 9 aromatic carbocycles. The summed E-state index contributed by atoms with van der Waals surface area (Å²) in [5, 5.41) is 22.8. The van der Waals surface area contributed by atoms with Crippen LogP contribution in [0.4, 0.5) is 26.3 Å². The van der Waals surface area contributed by atoms with Gasteiger partial charge in [-0.05, 0) is 126 Å². The molecule has 0 aliphatic heterocycles. The number of hydrogen-bond acceptors (Lipinski definition) is 4. The minimum Gasteiger partial charge on any atom is -0.308 e. The van der Waals surface area contributed by atoms with Crippen molar-refractivity contribution in [1.82, 2.24) is 14.5 Å². The van der Waals surface area contributed by atoms with Crippen molar-refractivity contribution in [3.8, 4) is 96.2 Å². The monoisotopic (exact) mass is 991 g/mol. The molecule has 362 valence electrons. The molecule has 5 nitrogen and oxygen atoms in total. The predicted octanol–water partition coefficient (Wildman–Crippen LogP) is 17.6. The van der Waals surface area contributed by atoms with Crippen LogP contribution in [0.25, 0.3) is 106 Å². The number of benzene rings is 9. The van der Waals surface area contributed by atoms with Gasteiger partial charge in [-0.2, -0.15) is 36.9 Å². The molecular formula is C64H39F6N5. The molecule has 0 atom stereocenters. The van der Waals surface area contributed by atoms with E-state index in [-0.39, 0.29) is 0 Å². The van der Waals surface area contributed by atoms with E-state index in [2.05, 4.69) is 12.1 Å². The van der Waals surface area contributed by atoms with Crippen molar-refractivity contribution in [2.75, 3.05) is 0 Å². The maximum Gasteiger partial charge on any atom is 0.416 e. The van der Waals surface area contributed by atoms with Crippen LogP contribution in [0, 0.1) is 36.5 Å². The fourth-order valence-corrected chi connectivity index (χ4v) is 9.99. The number of nitriles is 2. The van der Waals surface area contributed by atoms with E-state index in [4.69, 9.17) is 9.97 Å². The lowest BCUT2D eigenvalue weighted by atomic mass is 9.89. The fraction of sp³-hybridized carbons (Fsp3) is 0.0625. The summed E-state index contributed by atoms with van der Waals surface area (Å²) in [6.45, 7) is 3.20. The van der Waals surface area contributed by atoms with Gasteiger partial charge in [0.2, 0.25) is 0 Å². The Hall–Kier alpha value is -9.58. The van der Waals surface area contributed by atoms with E-state index in [9.17, 15) is 36.9 Å². The quantitative estimate of drug-likeness (QED) is 0.142. The lowest BCUT2D eigenvalue weighted by Gasteiger charge is -2.22. The number of aryl methyl sites for hydroxylation is 2. The molecule has 0 bridgehead atoms. The maximum absolute atomic E-state index is 14.3. The Balaban J connectivity index is 1.28. The molecule has 0 amide bonds. The van der Waals surface area contributed by atoms with Gasteiger partial charge in [0.15, 0.2) is 5.82 Å². The van der Waals surface area contributed by atoms with Crippen LogP contribution in [0.1, 0.15) is 33.4 Å². The molecule has 11 rings (SSSR count). The van der Waals surface area contributed by atoms with Crippen molar-refractivity contribution in [2.45, 2.75) is 26.2 Å². The van der Waals surface area contributed by atoms with Crippen molar-refractivity contribution in [1.29, 1.82) is 10.5 Å². The Morgan fingerprint density at radius 2 is 0.800 bits per heavy atom. The van der Waals surface area contributed by atoms with Gasteiger partial charge in [-0.3, -0.25) is 0 Å². The molecule has 0 fully saturated rings. The summed E-state index contributed by atoms with van der Waals surface area (Å²) < 4.78 is 88.0. The largest absolute Gasteiger partial charge is 0.416 e. The Morgan fingerprint density at radius 3 is 1.21 bits per heavy atom. The van der Waals surface area contributed by atoms with E-state index in [0.29, 0.717) is 117 Å². The zero-order valence-electron chi connectivity index (χ0n) is 40.1. The number of aromatic nitrogens is 3. The molecule has 11 heteroatoms. The van der Waals surface area contributed by atoms with Gasteiger partial charge in [-0.1, -0.05) is 121 Å². The van der Waals surface area contributed by atoms with Gasteiger partial charge < -0.3 is 4.57 Å². The molecule has 2 aromatic heterocycles. The first-order valence-electron chi connectivity index (χ1n) is 23.8. The second-order valence-corrected chi connectivity index (χ2v) is 18.4. The van der Waals surface area contributed by atoms with Gasteiger partial charge >= 0.3 is 12.4 Å². The van der Waals surface area contributed by atoms with Crippen molar-refractivity contribution in [3.05, 3.63) is 234 Å². The van der Waals surface area contributed by atoms with Gasteiger partial charge in [0, 0.05) is 49.7 Å². The van der Waals surface area contributed by atoms with Crippen LogP contribution in [0.15, 0.2) is 200 Å². The Bertz CT molecular complexity index is 3890. The average molecular weight is 992 g/mol. The van der Waals surface area contributed by atoms with E-state index < -0.39 is 23.5 Å². The molecule has 0 N–H and O–H groups in total. The Labute approximate surface area is 427 Å². The maximum atomic E-state index is 14.3. The number of alkyl halides is 6. The molecule has 0 saturated carbocycles. The molecule has 2 heterocycles. The molecular weight excluding hydrogens is 953 g/mol. The molecule has 0 radical (unpaired) electrons. The molecule has 11 aromatic rings. The lowest BCUT2D eigenvalue weighted by Crippen LogP contribution is -2.05.